The lowest BCUT2D eigenvalue weighted by atomic mass is 10.2. The maximum atomic E-state index is 11.4. The van der Waals surface area contributed by atoms with Gasteiger partial charge in [-0.15, -0.1) is 0 Å². The molecule has 1 unspecified atom stereocenters. The molecule has 0 aliphatic rings. The molecule has 18 heavy (non-hydrogen) atoms. The summed E-state index contributed by atoms with van der Waals surface area (Å²) in [6.45, 7) is 7.64. The summed E-state index contributed by atoms with van der Waals surface area (Å²) in [5.74, 6) is -0.528. The van der Waals surface area contributed by atoms with Crippen LogP contribution in [-0.4, -0.2) is 24.6 Å². The fraction of sp³-hybridized carbons (Fsp3) is 0.714. The zero-order valence-electron chi connectivity index (χ0n) is 11.4. The van der Waals surface area contributed by atoms with E-state index in [0.29, 0.717) is 12.8 Å². The van der Waals surface area contributed by atoms with E-state index in [9.17, 15) is 9.59 Å². The second-order valence-corrected chi connectivity index (χ2v) is 4.15. The van der Waals surface area contributed by atoms with Crippen molar-refractivity contribution in [2.24, 2.45) is 0 Å². The lowest BCUT2D eigenvalue weighted by molar-refractivity contribution is -0.156. The van der Waals surface area contributed by atoms with Gasteiger partial charge in [0.15, 0.2) is 6.10 Å². The molecule has 0 aliphatic heterocycles. The van der Waals surface area contributed by atoms with Crippen LogP contribution in [-0.2, 0) is 19.1 Å². The highest BCUT2D eigenvalue weighted by Gasteiger charge is 2.13. The van der Waals surface area contributed by atoms with Gasteiger partial charge in [0.1, 0.15) is 6.61 Å². The highest BCUT2D eigenvalue weighted by atomic mass is 16.6. The molecule has 0 radical (unpaired) electrons. The Labute approximate surface area is 109 Å². The van der Waals surface area contributed by atoms with E-state index in [0.717, 1.165) is 25.7 Å². The van der Waals surface area contributed by atoms with Crippen molar-refractivity contribution in [1.82, 2.24) is 0 Å². The Morgan fingerprint density at radius 3 is 2.17 bits per heavy atom. The molecule has 0 aromatic rings. The molecule has 0 aromatic heterocycles. The number of hydrogen-bond donors (Lipinski definition) is 0. The predicted octanol–water partition coefficient (Wildman–Crippen LogP) is 3.01. The third-order valence-corrected chi connectivity index (χ3v) is 2.42. The molecule has 4 nitrogen and oxygen atoms in total. The van der Waals surface area contributed by atoms with E-state index in [1.807, 2.05) is 13.8 Å². The summed E-state index contributed by atoms with van der Waals surface area (Å²) in [4.78, 5) is 22.7. The lowest BCUT2D eigenvalue weighted by Crippen LogP contribution is -2.23. The van der Waals surface area contributed by atoms with Crippen molar-refractivity contribution in [1.29, 1.82) is 0 Å². The Morgan fingerprint density at radius 2 is 1.67 bits per heavy atom. The summed E-state index contributed by atoms with van der Waals surface area (Å²) in [6.07, 6.45) is 5.25. The Bertz CT molecular complexity index is 261. The van der Waals surface area contributed by atoms with Crippen molar-refractivity contribution in [2.75, 3.05) is 6.61 Å². The molecule has 1 atom stereocenters. The molecule has 0 rings (SSSR count). The lowest BCUT2D eigenvalue weighted by Gasteiger charge is -2.14. The standard InChI is InChI=1S/C14H24O4/c1-4-7-9-13(15)17-11-12(6-3)18-14(16)10-8-5-2/h6,12H,3-5,7-11H2,1-2H3. The highest BCUT2D eigenvalue weighted by molar-refractivity contribution is 5.70. The number of carbonyl (C=O) groups is 2. The normalized spacial score (nSPS) is 11.7. The summed E-state index contributed by atoms with van der Waals surface area (Å²) in [5.41, 5.74) is 0. The molecule has 0 bridgehead atoms. The third-order valence-electron chi connectivity index (χ3n) is 2.42. The Hall–Kier alpha value is -1.32. The van der Waals surface area contributed by atoms with E-state index in [1.165, 1.54) is 6.08 Å². The number of hydrogen-bond acceptors (Lipinski definition) is 4. The van der Waals surface area contributed by atoms with Gasteiger partial charge in [-0.1, -0.05) is 33.3 Å². The van der Waals surface area contributed by atoms with Crippen LogP contribution in [0.15, 0.2) is 12.7 Å². The van der Waals surface area contributed by atoms with E-state index in [2.05, 4.69) is 6.58 Å². The molecule has 104 valence electrons. The van der Waals surface area contributed by atoms with E-state index < -0.39 is 6.10 Å². The summed E-state index contributed by atoms with van der Waals surface area (Å²) >= 11 is 0. The second-order valence-electron chi connectivity index (χ2n) is 4.15. The first kappa shape index (κ1) is 16.7. The number of rotatable bonds is 10. The summed E-state index contributed by atoms with van der Waals surface area (Å²) in [6, 6.07) is 0. The summed E-state index contributed by atoms with van der Waals surface area (Å²) in [5, 5.41) is 0. The Kier molecular flexibility index (Phi) is 10.0. The first-order valence-electron chi connectivity index (χ1n) is 6.61. The molecule has 0 amide bonds. The van der Waals surface area contributed by atoms with Crippen molar-refractivity contribution < 1.29 is 19.1 Å². The largest absolute Gasteiger partial charge is 0.461 e. The third kappa shape index (κ3) is 8.79. The van der Waals surface area contributed by atoms with Crippen LogP contribution >= 0.6 is 0 Å². The first-order valence-corrected chi connectivity index (χ1v) is 6.61. The van der Waals surface area contributed by atoms with Gasteiger partial charge in [-0.2, -0.15) is 0 Å². The van der Waals surface area contributed by atoms with E-state index >= 15 is 0 Å². The van der Waals surface area contributed by atoms with Crippen LogP contribution in [0.4, 0.5) is 0 Å². The van der Waals surface area contributed by atoms with Crippen LogP contribution in [0, 0.1) is 0 Å². The molecule has 0 fully saturated rings. The molecule has 0 N–H and O–H groups in total. The van der Waals surface area contributed by atoms with Crippen molar-refractivity contribution in [3.05, 3.63) is 12.7 Å². The highest BCUT2D eigenvalue weighted by Crippen LogP contribution is 2.03. The summed E-state index contributed by atoms with van der Waals surface area (Å²) < 4.78 is 10.1. The van der Waals surface area contributed by atoms with Gasteiger partial charge < -0.3 is 9.47 Å². The first-order chi connectivity index (χ1) is 8.63. The molecular formula is C14H24O4. The van der Waals surface area contributed by atoms with Crippen LogP contribution in [0.2, 0.25) is 0 Å². The second kappa shape index (κ2) is 10.8. The number of ether oxygens (including phenoxy) is 2. The van der Waals surface area contributed by atoms with Crippen LogP contribution in [0.25, 0.3) is 0 Å². The average Bonchev–Trinajstić information content (AvgIpc) is 2.38. The number of carbonyl (C=O) groups excluding carboxylic acids is 2. The minimum absolute atomic E-state index is 0.0594. The minimum Gasteiger partial charge on any atom is -0.461 e. The van der Waals surface area contributed by atoms with Crippen molar-refractivity contribution >= 4 is 11.9 Å². The van der Waals surface area contributed by atoms with Gasteiger partial charge in [-0.05, 0) is 18.9 Å². The number of esters is 2. The molecule has 0 aliphatic carbocycles. The molecule has 0 heterocycles. The van der Waals surface area contributed by atoms with Crippen molar-refractivity contribution in [3.63, 3.8) is 0 Å². The van der Waals surface area contributed by atoms with E-state index in [4.69, 9.17) is 9.47 Å². The van der Waals surface area contributed by atoms with Gasteiger partial charge in [-0.25, -0.2) is 0 Å². The minimum atomic E-state index is -0.542. The van der Waals surface area contributed by atoms with Crippen LogP contribution in [0.5, 0.6) is 0 Å². The van der Waals surface area contributed by atoms with Gasteiger partial charge in [0.2, 0.25) is 0 Å². The Morgan fingerprint density at radius 1 is 1.11 bits per heavy atom. The molecule has 0 saturated carbocycles. The molecule has 4 heteroatoms. The smallest absolute Gasteiger partial charge is 0.306 e. The predicted molar refractivity (Wildman–Crippen MR) is 70.1 cm³/mol. The zero-order valence-corrected chi connectivity index (χ0v) is 11.4. The van der Waals surface area contributed by atoms with Gasteiger partial charge in [0.25, 0.3) is 0 Å². The fourth-order valence-electron chi connectivity index (χ4n) is 1.27. The molecule has 0 saturated heterocycles. The van der Waals surface area contributed by atoms with Gasteiger partial charge in [0.05, 0.1) is 0 Å². The molecule has 0 aromatic carbocycles. The van der Waals surface area contributed by atoms with Crippen LogP contribution in [0.1, 0.15) is 52.4 Å². The van der Waals surface area contributed by atoms with Crippen molar-refractivity contribution in [3.8, 4) is 0 Å². The average molecular weight is 256 g/mol. The van der Waals surface area contributed by atoms with E-state index in [-0.39, 0.29) is 18.5 Å². The zero-order chi connectivity index (χ0) is 13.8. The quantitative estimate of drug-likeness (QED) is 0.445. The van der Waals surface area contributed by atoms with Gasteiger partial charge >= 0.3 is 11.9 Å². The number of unbranched alkanes of at least 4 members (excludes halogenated alkanes) is 2. The van der Waals surface area contributed by atoms with Crippen molar-refractivity contribution in [2.45, 2.75) is 58.5 Å². The van der Waals surface area contributed by atoms with Gasteiger partial charge in [0, 0.05) is 12.8 Å². The van der Waals surface area contributed by atoms with E-state index in [1.54, 1.807) is 0 Å². The fourth-order valence-corrected chi connectivity index (χ4v) is 1.27. The SMILES string of the molecule is C=CC(COC(=O)CCCC)OC(=O)CCCC. The molecular weight excluding hydrogens is 232 g/mol. The topological polar surface area (TPSA) is 52.6 Å². The molecule has 0 spiro atoms. The van der Waals surface area contributed by atoms with Crippen LogP contribution < -0.4 is 0 Å². The monoisotopic (exact) mass is 256 g/mol. The van der Waals surface area contributed by atoms with Crippen LogP contribution in [0.3, 0.4) is 0 Å². The van der Waals surface area contributed by atoms with Gasteiger partial charge in [-0.3, -0.25) is 9.59 Å². The maximum Gasteiger partial charge on any atom is 0.306 e. The Balaban J connectivity index is 3.85. The maximum absolute atomic E-state index is 11.4. The summed E-state index contributed by atoms with van der Waals surface area (Å²) in [7, 11) is 0.